The van der Waals surface area contributed by atoms with E-state index in [9.17, 15) is 4.79 Å². The Balaban J connectivity index is 1.48. The van der Waals surface area contributed by atoms with Crippen molar-refractivity contribution in [3.8, 4) is 0 Å². The van der Waals surface area contributed by atoms with E-state index in [1.54, 1.807) is 0 Å². The first kappa shape index (κ1) is 24.1. The molecule has 1 N–H and O–H groups in total. The molecule has 0 unspecified atom stereocenters. The van der Waals surface area contributed by atoms with Gasteiger partial charge in [0.25, 0.3) is 5.56 Å². The molecule has 0 bridgehead atoms. The van der Waals surface area contributed by atoms with Gasteiger partial charge in [0.2, 0.25) is 0 Å². The summed E-state index contributed by atoms with van der Waals surface area (Å²) in [6.07, 6.45) is 10.2. The number of aryl methyl sites for hydroxylation is 1. The van der Waals surface area contributed by atoms with Gasteiger partial charge in [0, 0.05) is 30.3 Å². The molecule has 0 radical (unpaired) electrons. The lowest BCUT2D eigenvalue weighted by atomic mass is 9.92. The highest BCUT2D eigenvalue weighted by atomic mass is 16.5. The van der Waals surface area contributed by atoms with Gasteiger partial charge in [0.05, 0.1) is 18.7 Å². The lowest BCUT2D eigenvalue weighted by Gasteiger charge is -2.39. The Labute approximate surface area is 207 Å². The maximum atomic E-state index is 13.2. The Morgan fingerprint density at radius 3 is 2.74 bits per heavy atom. The number of hydrogen-bond acceptors (Lipinski definition) is 6. The maximum Gasteiger partial charge on any atom is 0.252 e. The third-order valence-corrected chi connectivity index (χ3v) is 7.84. The van der Waals surface area contributed by atoms with Crippen LogP contribution < -0.4 is 5.56 Å². The van der Waals surface area contributed by atoms with Crippen molar-refractivity contribution in [1.29, 1.82) is 0 Å². The fourth-order valence-electron chi connectivity index (χ4n) is 5.87. The van der Waals surface area contributed by atoms with Crippen LogP contribution in [0.2, 0.25) is 0 Å². The molecule has 2 atom stereocenters. The summed E-state index contributed by atoms with van der Waals surface area (Å²) in [6, 6.07) is 8.86. The van der Waals surface area contributed by atoms with Crippen LogP contribution in [0.3, 0.4) is 0 Å². The van der Waals surface area contributed by atoms with Gasteiger partial charge in [-0.3, -0.25) is 9.69 Å². The van der Waals surface area contributed by atoms with Crippen LogP contribution in [-0.2, 0) is 24.2 Å². The molecule has 3 heterocycles. The topological polar surface area (TPSA) is 88.9 Å². The molecular formula is C27H38N6O2. The Kier molecular flexibility index (Phi) is 7.58. The normalized spacial score (nSPS) is 20.1. The number of nitrogens with zero attached hydrogens (tertiary/aromatic N) is 5. The van der Waals surface area contributed by atoms with Crippen LogP contribution >= 0.6 is 0 Å². The van der Waals surface area contributed by atoms with Gasteiger partial charge < -0.3 is 9.72 Å². The molecule has 0 spiro atoms. The summed E-state index contributed by atoms with van der Waals surface area (Å²) in [7, 11) is 0. The Morgan fingerprint density at radius 2 is 2.00 bits per heavy atom. The van der Waals surface area contributed by atoms with Gasteiger partial charge in [-0.05, 0) is 78.1 Å². The molecule has 1 saturated carbocycles. The number of tetrazole rings is 1. The van der Waals surface area contributed by atoms with Crippen molar-refractivity contribution in [2.75, 3.05) is 6.61 Å². The quantitative estimate of drug-likeness (QED) is 0.486. The van der Waals surface area contributed by atoms with Crippen molar-refractivity contribution in [2.24, 2.45) is 0 Å². The van der Waals surface area contributed by atoms with Crippen molar-refractivity contribution in [2.45, 2.75) is 103 Å². The zero-order chi connectivity index (χ0) is 24.2. The molecule has 188 valence electrons. The summed E-state index contributed by atoms with van der Waals surface area (Å²) in [4.78, 5) is 18.8. The van der Waals surface area contributed by atoms with Gasteiger partial charge in [0.15, 0.2) is 5.82 Å². The number of H-pyrrole nitrogens is 1. The van der Waals surface area contributed by atoms with Crippen LogP contribution in [0, 0.1) is 0 Å². The fraction of sp³-hybridized carbons (Fsp3) is 0.630. The van der Waals surface area contributed by atoms with Gasteiger partial charge in [-0.25, -0.2) is 4.68 Å². The van der Waals surface area contributed by atoms with Crippen LogP contribution in [0.1, 0.15) is 88.2 Å². The number of ether oxygens (including phenoxy) is 1. The molecular weight excluding hydrogens is 440 g/mol. The molecule has 1 aliphatic carbocycles. The summed E-state index contributed by atoms with van der Waals surface area (Å²) in [6.45, 7) is 6.46. The number of aromatic nitrogens is 5. The van der Waals surface area contributed by atoms with Crippen molar-refractivity contribution < 1.29 is 4.74 Å². The van der Waals surface area contributed by atoms with Crippen LogP contribution in [0.25, 0.3) is 10.9 Å². The predicted molar refractivity (Wildman–Crippen MR) is 136 cm³/mol. The smallest absolute Gasteiger partial charge is 0.252 e. The fourth-order valence-corrected chi connectivity index (χ4v) is 5.87. The minimum atomic E-state index is -0.00337. The van der Waals surface area contributed by atoms with Crippen LogP contribution in [0.5, 0.6) is 0 Å². The highest BCUT2D eigenvalue weighted by molar-refractivity contribution is 5.79. The Hall–Kier alpha value is -2.58. The first-order valence-electron chi connectivity index (χ1n) is 13.4. The largest absolute Gasteiger partial charge is 0.376 e. The molecule has 35 heavy (non-hydrogen) atoms. The van der Waals surface area contributed by atoms with Gasteiger partial charge in [-0.2, -0.15) is 0 Å². The first-order chi connectivity index (χ1) is 17.2. The monoisotopic (exact) mass is 478 g/mol. The van der Waals surface area contributed by atoms with Gasteiger partial charge in [0.1, 0.15) is 0 Å². The second-order valence-electron chi connectivity index (χ2n) is 10.1. The van der Waals surface area contributed by atoms with E-state index in [2.05, 4.69) is 57.5 Å². The molecule has 0 amide bonds. The summed E-state index contributed by atoms with van der Waals surface area (Å²) in [5.41, 5.74) is 2.98. The molecule has 5 rings (SSSR count). The number of benzene rings is 1. The van der Waals surface area contributed by atoms with E-state index in [0.717, 1.165) is 67.4 Å². The number of pyridine rings is 1. The second kappa shape index (κ2) is 11.0. The predicted octanol–water partition coefficient (Wildman–Crippen LogP) is 4.54. The standard InChI is InChI=1S/C27H38N6O2/c1-3-19-12-13-24-20(15-19)16-21(27(34)28-24)17-32(22-9-6-5-7-10-22)25(4-2)26-29-30-31-33(26)18-23-11-8-14-35-23/h12-13,15-16,22-23,25H,3-11,14,17-18H2,1-2H3,(H,28,34)/t23-,25-/m0/s1. The van der Waals surface area contributed by atoms with E-state index < -0.39 is 0 Å². The summed E-state index contributed by atoms with van der Waals surface area (Å²) < 4.78 is 7.81. The maximum absolute atomic E-state index is 13.2. The van der Waals surface area contributed by atoms with Gasteiger partial charge in [-0.15, -0.1) is 5.10 Å². The molecule has 2 aliphatic rings. The molecule has 8 nitrogen and oxygen atoms in total. The first-order valence-corrected chi connectivity index (χ1v) is 13.4. The van der Waals surface area contributed by atoms with E-state index >= 15 is 0 Å². The zero-order valence-electron chi connectivity index (χ0n) is 21.1. The Bertz CT molecular complexity index is 1180. The molecule has 2 aromatic heterocycles. The molecule has 1 saturated heterocycles. The van der Waals surface area contributed by atoms with E-state index in [1.165, 1.54) is 24.8 Å². The minimum absolute atomic E-state index is 0.00337. The summed E-state index contributed by atoms with van der Waals surface area (Å²) >= 11 is 0. The lowest BCUT2D eigenvalue weighted by molar-refractivity contribution is 0.0734. The molecule has 1 aliphatic heterocycles. The summed E-state index contributed by atoms with van der Waals surface area (Å²) in [5, 5.41) is 14.0. The van der Waals surface area contributed by atoms with Crippen molar-refractivity contribution in [1.82, 2.24) is 30.1 Å². The van der Waals surface area contributed by atoms with Crippen LogP contribution in [0.15, 0.2) is 29.1 Å². The van der Waals surface area contributed by atoms with Gasteiger partial charge in [-0.1, -0.05) is 39.2 Å². The van der Waals surface area contributed by atoms with E-state index in [1.807, 2.05) is 10.7 Å². The number of rotatable bonds is 9. The van der Waals surface area contributed by atoms with Crippen LogP contribution in [0.4, 0.5) is 0 Å². The van der Waals surface area contributed by atoms with Crippen LogP contribution in [-0.4, -0.2) is 48.8 Å². The van der Waals surface area contributed by atoms with Gasteiger partial charge >= 0.3 is 0 Å². The highest BCUT2D eigenvalue weighted by Crippen LogP contribution is 2.33. The highest BCUT2D eigenvalue weighted by Gasteiger charge is 2.32. The number of nitrogens with one attached hydrogen (secondary N) is 1. The Morgan fingerprint density at radius 1 is 1.14 bits per heavy atom. The molecule has 8 heteroatoms. The third kappa shape index (κ3) is 5.33. The van der Waals surface area contributed by atoms with Crippen molar-refractivity contribution >= 4 is 10.9 Å². The third-order valence-electron chi connectivity index (χ3n) is 7.84. The second-order valence-corrected chi connectivity index (χ2v) is 10.1. The number of fused-ring (bicyclic) bond motifs is 1. The molecule has 2 fully saturated rings. The SMILES string of the molecule is CCc1ccc2[nH]c(=O)c(CN(C3CCCCC3)[C@@H](CC)c3nnnn3C[C@@H]3CCCO3)cc2c1. The molecule has 3 aromatic rings. The average Bonchev–Trinajstić information content (AvgIpc) is 3.57. The van der Waals surface area contributed by atoms with E-state index in [-0.39, 0.29) is 17.7 Å². The summed E-state index contributed by atoms with van der Waals surface area (Å²) in [5.74, 6) is 0.888. The van der Waals surface area contributed by atoms with E-state index in [4.69, 9.17) is 4.74 Å². The van der Waals surface area contributed by atoms with Crippen molar-refractivity contribution in [3.05, 3.63) is 51.6 Å². The minimum Gasteiger partial charge on any atom is -0.376 e. The van der Waals surface area contributed by atoms with E-state index in [0.29, 0.717) is 19.1 Å². The zero-order valence-corrected chi connectivity index (χ0v) is 21.1. The molecule has 1 aromatic carbocycles. The lowest BCUT2D eigenvalue weighted by Crippen LogP contribution is -2.41. The number of aromatic amines is 1. The number of hydrogen-bond donors (Lipinski definition) is 1. The average molecular weight is 479 g/mol. The van der Waals surface area contributed by atoms with Crippen molar-refractivity contribution in [3.63, 3.8) is 0 Å².